The molecule has 0 radical (unpaired) electrons. The van der Waals surface area contributed by atoms with Crippen molar-refractivity contribution in [2.24, 2.45) is 5.73 Å². The van der Waals surface area contributed by atoms with Crippen LogP contribution in [0.3, 0.4) is 0 Å². The predicted molar refractivity (Wildman–Crippen MR) is 75.8 cm³/mol. The maximum atomic E-state index is 6.31. The average molecular weight is 312 g/mol. The van der Waals surface area contributed by atoms with Crippen LogP contribution in [-0.2, 0) is 0 Å². The van der Waals surface area contributed by atoms with E-state index in [2.05, 4.69) is 34.3 Å². The molecule has 0 aliphatic rings. The third kappa shape index (κ3) is 2.54. The Morgan fingerprint density at radius 1 is 1.35 bits per heavy atom. The highest BCUT2D eigenvalue weighted by Crippen LogP contribution is 2.33. The van der Waals surface area contributed by atoms with Gasteiger partial charge in [-0.2, -0.15) is 0 Å². The van der Waals surface area contributed by atoms with Crippen LogP contribution in [0.25, 0.3) is 0 Å². The van der Waals surface area contributed by atoms with Gasteiger partial charge in [0.05, 0.1) is 13.2 Å². The van der Waals surface area contributed by atoms with Gasteiger partial charge in [-0.05, 0) is 47.7 Å². The molecule has 17 heavy (non-hydrogen) atoms. The van der Waals surface area contributed by atoms with E-state index in [-0.39, 0.29) is 6.04 Å². The summed E-state index contributed by atoms with van der Waals surface area (Å²) < 4.78 is 6.25. The van der Waals surface area contributed by atoms with Gasteiger partial charge >= 0.3 is 0 Å². The molecule has 0 aliphatic heterocycles. The van der Waals surface area contributed by atoms with Gasteiger partial charge < -0.3 is 10.5 Å². The second-order valence-corrected chi connectivity index (χ2v) is 5.64. The molecule has 1 aromatic heterocycles. The topological polar surface area (TPSA) is 35.2 Å². The van der Waals surface area contributed by atoms with E-state index in [9.17, 15) is 0 Å². The van der Waals surface area contributed by atoms with Gasteiger partial charge in [-0.1, -0.05) is 15.9 Å². The van der Waals surface area contributed by atoms with Crippen molar-refractivity contribution < 1.29 is 4.74 Å². The molecule has 1 aromatic carbocycles. The normalized spacial score (nSPS) is 12.5. The monoisotopic (exact) mass is 311 g/mol. The van der Waals surface area contributed by atoms with E-state index in [0.717, 1.165) is 15.8 Å². The van der Waals surface area contributed by atoms with Crippen LogP contribution in [0.1, 0.15) is 22.0 Å². The van der Waals surface area contributed by atoms with Crippen LogP contribution in [0.4, 0.5) is 0 Å². The predicted octanol–water partition coefficient (Wildman–Crippen LogP) is 3.88. The Labute approximate surface area is 114 Å². The number of aryl methyl sites for hydroxylation is 1. The first kappa shape index (κ1) is 12.6. The van der Waals surface area contributed by atoms with Crippen molar-refractivity contribution in [1.29, 1.82) is 0 Å². The SMILES string of the molecule is COc1ccc(Br)c(C(N)c2sccc2C)c1. The van der Waals surface area contributed by atoms with E-state index in [1.807, 2.05) is 18.2 Å². The summed E-state index contributed by atoms with van der Waals surface area (Å²) in [5.74, 6) is 0.827. The zero-order chi connectivity index (χ0) is 12.4. The maximum Gasteiger partial charge on any atom is 0.119 e. The number of halogens is 1. The van der Waals surface area contributed by atoms with Crippen LogP contribution in [0.15, 0.2) is 34.1 Å². The summed E-state index contributed by atoms with van der Waals surface area (Å²) >= 11 is 5.23. The first-order valence-electron chi connectivity index (χ1n) is 5.26. The third-order valence-corrected chi connectivity index (χ3v) is 4.55. The molecule has 0 bridgehead atoms. The Bertz CT molecular complexity index is 524. The lowest BCUT2D eigenvalue weighted by Crippen LogP contribution is -2.12. The first-order valence-corrected chi connectivity index (χ1v) is 6.93. The summed E-state index contributed by atoms with van der Waals surface area (Å²) in [4.78, 5) is 1.19. The number of ether oxygens (including phenoxy) is 1. The number of nitrogens with two attached hydrogens (primary N) is 1. The summed E-state index contributed by atoms with van der Waals surface area (Å²) in [5.41, 5.74) is 8.60. The van der Waals surface area contributed by atoms with Gasteiger partial charge in [-0.15, -0.1) is 11.3 Å². The molecule has 2 rings (SSSR count). The molecule has 1 atom stereocenters. The minimum atomic E-state index is -0.112. The number of methoxy groups -OCH3 is 1. The van der Waals surface area contributed by atoms with Crippen LogP contribution in [0, 0.1) is 6.92 Å². The highest BCUT2D eigenvalue weighted by atomic mass is 79.9. The number of hydrogen-bond acceptors (Lipinski definition) is 3. The zero-order valence-corrected chi connectivity index (χ0v) is 12.1. The molecule has 1 heterocycles. The largest absolute Gasteiger partial charge is 0.497 e. The molecule has 0 aliphatic carbocycles. The molecule has 4 heteroatoms. The molecule has 1 unspecified atom stereocenters. The van der Waals surface area contributed by atoms with Crippen molar-refractivity contribution in [2.45, 2.75) is 13.0 Å². The molecule has 0 saturated carbocycles. The number of hydrogen-bond donors (Lipinski definition) is 1. The van der Waals surface area contributed by atoms with Crippen LogP contribution in [-0.4, -0.2) is 7.11 Å². The number of benzene rings is 1. The summed E-state index contributed by atoms with van der Waals surface area (Å²) in [6, 6.07) is 7.85. The second kappa shape index (κ2) is 5.21. The molecule has 0 fully saturated rings. The highest BCUT2D eigenvalue weighted by molar-refractivity contribution is 9.10. The van der Waals surface area contributed by atoms with Gasteiger partial charge in [0.2, 0.25) is 0 Å². The van der Waals surface area contributed by atoms with E-state index < -0.39 is 0 Å². The quantitative estimate of drug-likeness (QED) is 0.933. The summed E-state index contributed by atoms with van der Waals surface area (Å²) in [6.07, 6.45) is 0. The van der Waals surface area contributed by atoms with Crippen LogP contribution >= 0.6 is 27.3 Å². The Morgan fingerprint density at radius 3 is 2.71 bits per heavy atom. The lowest BCUT2D eigenvalue weighted by atomic mass is 10.0. The minimum absolute atomic E-state index is 0.112. The standard InChI is InChI=1S/C13H14BrNOS/c1-8-5-6-17-13(8)12(15)10-7-9(16-2)3-4-11(10)14/h3-7,12H,15H2,1-2H3. The molecule has 0 saturated heterocycles. The number of rotatable bonds is 3. The lowest BCUT2D eigenvalue weighted by molar-refractivity contribution is 0.414. The van der Waals surface area contributed by atoms with Gasteiger partial charge in [-0.3, -0.25) is 0 Å². The summed E-state index contributed by atoms with van der Waals surface area (Å²) in [6.45, 7) is 2.08. The third-order valence-electron chi connectivity index (χ3n) is 2.72. The van der Waals surface area contributed by atoms with Gasteiger partial charge in [-0.25, -0.2) is 0 Å². The van der Waals surface area contributed by atoms with E-state index in [0.29, 0.717) is 0 Å². The fourth-order valence-electron chi connectivity index (χ4n) is 1.73. The molecule has 2 aromatic rings. The van der Waals surface area contributed by atoms with Gasteiger partial charge in [0, 0.05) is 9.35 Å². The van der Waals surface area contributed by atoms with Gasteiger partial charge in [0.1, 0.15) is 5.75 Å². The Morgan fingerprint density at radius 2 is 2.12 bits per heavy atom. The molecule has 90 valence electrons. The Balaban J connectivity index is 2.43. The van der Waals surface area contributed by atoms with E-state index in [4.69, 9.17) is 10.5 Å². The minimum Gasteiger partial charge on any atom is -0.497 e. The first-order chi connectivity index (χ1) is 8.13. The van der Waals surface area contributed by atoms with Crippen molar-refractivity contribution >= 4 is 27.3 Å². The Hall–Kier alpha value is -0.840. The van der Waals surface area contributed by atoms with E-state index in [1.54, 1.807) is 18.4 Å². The molecule has 0 amide bonds. The fraction of sp³-hybridized carbons (Fsp3) is 0.231. The zero-order valence-electron chi connectivity index (χ0n) is 9.74. The maximum absolute atomic E-state index is 6.31. The average Bonchev–Trinajstić information content (AvgIpc) is 2.75. The molecule has 2 nitrogen and oxygen atoms in total. The molecule has 0 spiro atoms. The fourth-order valence-corrected chi connectivity index (χ4v) is 3.17. The Kier molecular flexibility index (Phi) is 3.86. The van der Waals surface area contributed by atoms with Crippen LogP contribution in [0.2, 0.25) is 0 Å². The van der Waals surface area contributed by atoms with Crippen molar-refractivity contribution in [3.05, 3.63) is 50.1 Å². The lowest BCUT2D eigenvalue weighted by Gasteiger charge is -2.14. The van der Waals surface area contributed by atoms with E-state index >= 15 is 0 Å². The molecular weight excluding hydrogens is 298 g/mol. The van der Waals surface area contributed by atoms with Gasteiger partial charge in [0.25, 0.3) is 0 Å². The van der Waals surface area contributed by atoms with Crippen LogP contribution in [0.5, 0.6) is 5.75 Å². The molecular formula is C13H14BrNOS. The van der Waals surface area contributed by atoms with Crippen molar-refractivity contribution in [3.63, 3.8) is 0 Å². The van der Waals surface area contributed by atoms with Crippen LogP contribution < -0.4 is 10.5 Å². The van der Waals surface area contributed by atoms with Crippen molar-refractivity contribution in [2.75, 3.05) is 7.11 Å². The second-order valence-electron chi connectivity index (χ2n) is 3.83. The number of thiophene rings is 1. The highest BCUT2D eigenvalue weighted by Gasteiger charge is 2.16. The van der Waals surface area contributed by atoms with Crippen molar-refractivity contribution in [1.82, 2.24) is 0 Å². The summed E-state index contributed by atoms with van der Waals surface area (Å²) in [5, 5.41) is 2.07. The van der Waals surface area contributed by atoms with E-state index in [1.165, 1.54) is 10.4 Å². The van der Waals surface area contributed by atoms with Crippen molar-refractivity contribution in [3.8, 4) is 5.75 Å². The van der Waals surface area contributed by atoms with Gasteiger partial charge in [0.15, 0.2) is 0 Å². The molecule has 2 N–H and O–H groups in total. The smallest absolute Gasteiger partial charge is 0.119 e. The summed E-state index contributed by atoms with van der Waals surface area (Å²) in [7, 11) is 1.66.